The van der Waals surface area contributed by atoms with Gasteiger partial charge in [0.15, 0.2) is 11.0 Å². The van der Waals surface area contributed by atoms with Crippen molar-refractivity contribution in [1.29, 1.82) is 0 Å². The normalized spacial score (nSPS) is 11.1. The summed E-state index contributed by atoms with van der Waals surface area (Å²) in [6.07, 6.45) is 0. The molecule has 0 radical (unpaired) electrons. The second-order valence-corrected chi connectivity index (χ2v) is 8.01. The molecule has 4 rings (SSSR count). The number of aryl methyl sites for hydroxylation is 1. The molecule has 0 fully saturated rings. The van der Waals surface area contributed by atoms with Crippen LogP contribution in [0.5, 0.6) is 0 Å². The first-order chi connectivity index (χ1) is 13.6. The number of halogens is 2. The molecule has 0 spiro atoms. The van der Waals surface area contributed by atoms with Crippen LogP contribution in [0.3, 0.4) is 0 Å². The van der Waals surface area contributed by atoms with E-state index in [9.17, 15) is 0 Å². The van der Waals surface area contributed by atoms with Gasteiger partial charge in [-0.15, -0.1) is 10.2 Å². The van der Waals surface area contributed by atoms with Gasteiger partial charge >= 0.3 is 0 Å². The SMILES string of the molecule is Cc1cc(CSc2nnc(-c3ccc(Cl)cc3Cl)n2Cc2ccccc2)on1. The Kier molecular flexibility index (Phi) is 5.71. The molecule has 0 unspecified atom stereocenters. The van der Waals surface area contributed by atoms with E-state index in [1.54, 1.807) is 23.9 Å². The second kappa shape index (κ2) is 8.39. The van der Waals surface area contributed by atoms with Crippen molar-refractivity contribution in [2.24, 2.45) is 0 Å². The largest absolute Gasteiger partial charge is 0.360 e. The summed E-state index contributed by atoms with van der Waals surface area (Å²) in [4.78, 5) is 0. The van der Waals surface area contributed by atoms with E-state index in [1.807, 2.05) is 37.3 Å². The van der Waals surface area contributed by atoms with E-state index < -0.39 is 0 Å². The Labute approximate surface area is 176 Å². The summed E-state index contributed by atoms with van der Waals surface area (Å²) in [7, 11) is 0. The molecule has 0 aliphatic rings. The molecule has 0 N–H and O–H groups in total. The third-order valence-corrected chi connectivity index (χ3v) is 5.63. The lowest BCUT2D eigenvalue weighted by molar-refractivity contribution is 0.391. The van der Waals surface area contributed by atoms with E-state index >= 15 is 0 Å². The van der Waals surface area contributed by atoms with Gasteiger partial charge in [-0.25, -0.2) is 0 Å². The summed E-state index contributed by atoms with van der Waals surface area (Å²) in [6, 6.07) is 17.5. The maximum absolute atomic E-state index is 6.43. The highest BCUT2D eigenvalue weighted by Gasteiger charge is 2.18. The van der Waals surface area contributed by atoms with Crippen LogP contribution in [0.2, 0.25) is 10.0 Å². The minimum absolute atomic E-state index is 0.539. The van der Waals surface area contributed by atoms with Crippen molar-refractivity contribution in [3.8, 4) is 11.4 Å². The summed E-state index contributed by atoms with van der Waals surface area (Å²) in [5.41, 5.74) is 2.79. The van der Waals surface area contributed by atoms with Crippen LogP contribution in [0.1, 0.15) is 17.0 Å². The van der Waals surface area contributed by atoms with Gasteiger partial charge in [0.05, 0.1) is 23.0 Å². The minimum Gasteiger partial charge on any atom is -0.360 e. The maximum Gasteiger partial charge on any atom is 0.192 e. The molecule has 0 saturated heterocycles. The molecule has 4 aromatic rings. The van der Waals surface area contributed by atoms with Gasteiger partial charge < -0.3 is 4.52 Å². The molecule has 28 heavy (non-hydrogen) atoms. The van der Waals surface area contributed by atoms with Crippen molar-refractivity contribution in [2.75, 3.05) is 0 Å². The zero-order chi connectivity index (χ0) is 19.5. The Hall–Kier alpha value is -2.28. The summed E-state index contributed by atoms with van der Waals surface area (Å²) in [6.45, 7) is 2.52. The van der Waals surface area contributed by atoms with E-state index in [0.717, 1.165) is 27.7 Å². The molecule has 8 heteroatoms. The van der Waals surface area contributed by atoms with Crippen molar-refractivity contribution in [1.82, 2.24) is 19.9 Å². The van der Waals surface area contributed by atoms with Crippen LogP contribution in [-0.4, -0.2) is 19.9 Å². The molecule has 0 aliphatic carbocycles. The first-order valence-electron chi connectivity index (χ1n) is 8.57. The summed E-state index contributed by atoms with van der Waals surface area (Å²) < 4.78 is 7.36. The van der Waals surface area contributed by atoms with Crippen molar-refractivity contribution in [3.05, 3.63) is 81.7 Å². The topological polar surface area (TPSA) is 56.7 Å². The number of aromatic nitrogens is 4. The first-order valence-corrected chi connectivity index (χ1v) is 10.3. The number of rotatable bonds is 6. The van der Waals surface area contributed by atoms with Crippen LogP contribution in [-0.2, 0) is 12.3 Å². The van der Waals surface area contributed by atoms with E-state index in [4.69, 9.17) is 27.7 Å². The van der Waals surface area contributed by atoms with E-state index in [1.165, 1.54) is 0 Å². The smallest absolute Gasteiger partial charge is 0.192 e. The summed E-state index contributed by atoms with van der Waals surface area (Å²) >= 11 is 14.0. The Morgan fingerprint density at radius 1 is 1.04 bits per heavy atom. The molecule has 0 saturated carbocycles. The summed E-state index contributed by atoms with van der Waals surface area (Å²) in [5.74, 6) is 2.10. The van der Waals surface area contributed by atoms with Crippen LogP contribution in [0.25, 0.3) is 11.4 Å². The highest BCUT2D eigenvalue weighted by atomic mass is 35.5. The number of thioether (sulfide) groups is 1. The van der Waals surface area contributed by atoms with Gasteiger partial charge in [0.1, 0.15) is 5.76 Å². The van der Waals surface area contributed by atoms with Gasteiger partial charge in [-0.2, -0.15) is 0 Å². The summed E-state index contributed by atoms with van der Waals surface area (Å²) in [5, 5.41) is 14.6. The molecule has 0 bridgehead atoms. The van der Waals surface area contributed by atoms with Crippen molar-refractivity contribution in [3.63, 3.8) is 0 Å². The lowest BCUT2D eigenvalue weighted by Gasteiger charge is -2.11. The third-order valence-electron chi connectivity index (χ3n) is 4.09. The molecule has 0 atom stereocenters. The molecule has 0 aliphatic heterocycles. The van der Waals surface area contributed by atoms with Gasteiger partial charge in [-0.3, -0.25) is 4.57 Å². The Balaban J connectivity index is 1.70. The quantitative estimate of drug-likeness (QED) is 0.357. The lowest BCUT2D eigenvalue weighted by atomic mass is 10.2. The molecule has 0 amide bonds. The molecular weight excluding hydrogens is 415 g/mol. The van der Waals surface area contributed by atoms with Gasteiger partial charge in [0.25, 0.3) is 0 Å². The zero-order valence-electron chi connectivity index (χ0n) is 15.0. The zero-order valence-corrected chi connectivity index (χ0v) is 17.3. The second-order valence-electron chi connectivity index (χ2n) is 6.23. The average Bonchev–Trinajstić information content (AvgIpc) is 3.27. The number of benzene rings is 2. The predicted octanol–water partition coefficient (Wildman–Crippen LogP) is 5.89. The van der Waals surface area contributed by atoms with E-state index in [2.05, 4.69) is 32.1 Å². The van der Waals surface area contributed by atoms with Crippen molar-refractivity contribution in [2.45, 2.75) is 24.4 Å². The van der Waals surface area contributed by atoms with Gasteiger partial charge in [-0.1, -0.05) is 70.5 Å². The molecule has 2 heterocycles. The van der Waals surface area contributed by atoms with Gasteiger partial charge in [0, 0.05) is 16.7 Å². The highest BCUT2D eigenvalue weighted by Crippen LogP contribution is 2.32. The van der Waals surface area contributed by atoms with Crippen molar-refractivity contribution < 1.29 is 4.52 Å². The molecule has 2 aromatic heterocycles. The molecule has 142 valence electrons. The Morgan fingerprint density at radius 2 is 1.86 bits per heavy atom. The fraction of sp³-hybridized carbons (Fsp3) is 0.150. The van der Waals surface area contributed by atoms with Crippen LogP contribution in [0.4, 0.5) is 0 Å². The number of nitrogens with zero attached hydrogens (tertiary/aromatic N) is 4. The number of hydrogen-bond donors (Lipinski definition) is 0. The van der Waals surface area contributed by atoms with Gasteiger partial charge in [-0.05, 0) is 30.7 Å². The standard InChI is InChI=1S/C20H16Cl2N4OS/c1-13-9-16(27-25-13)12-28-20-24-23-19(17-8-7-15(21)10-18(17)22)26(20)11-14-5-3-2-4-6-14/h2-10H,11-12H2,1H3. The van der Waals surface area contributed by atoms with Gasteiger partial charge in [0.2, 0.25) is 0 Å². The lowest BCUT2D eigenvalue weighted by Crippen LogP contribution is -2.04. The maximum atomic E-state index is 6.43. The third kappa shape index (κ3) is 4.24. The van der Waals surface area contributed by atoms with Crippen molar-refractivity contribution >= 4 is 35.0 Å². The van der Waals surface area contributed by atoms with E-state index in [0.29, 0.717) is 28.2 Å². The Morgan fingerprint density at radius 3 is 2.57 bits per heavy atom. The van der Waals surface area contributed by atoms with Crippen LogP contribution < -0.4 is 0 Å². The molecule has 5 nitrogen and oxygen atoms in total. The monoisotopic (exact) mass is 430 g/mol. The fourth-order valence-corrected chi connectivity index (χ4v) is 4.10. The Bertz CT molecular complexity index is 1090. The van der Waals surface area contributed by atoms with Crippen LogP contribution in [0, 0.1) is 6.92 Å². The molecule has 2 aromatic carbocycles. The highest BCUT2D eigenvalue weighted by molar-refractivity contribution is 7.98. The fourth-order valence-electron chi connectivity index (χ4n) is 2.79. The van der Waals surface area contributed by atoms with E-state index in [-0.39, 0.29) is 0 Å². The van der Waals surface area contributed by atoms with Crippen LogP contribution >= 0.6 is 35.0 Å². The molecular formula is C20H16Cl2N4OS. The first kappa shape index (κ1) is 19.1. The minimum atomic E-state index is 0.539. The van der Waals surface area contributed by atoms with Crippen LogP contribution in [0.15, 0.2) is 64.3 Å². The predicted molar refractivity (Wildman–Crippen MR) is 112 cm³/mol. The average molecular weight is 431 g/mol. The number of hydrogen-bond acceptors (Lipinski definition) is 5.